The number of aromatic nitrogens is 16. The van der Waals surface area contributed by atoms with Crippen LogP contribution < -0.4 is 22.1 Å². The number of Topliss-reactive ketones (excluding diaryl/α,β-unsaturated/α-hetero) is 1. The first-order chi connectivity index (χ1) is 56.9. The molecule has 13 aromatic rings. The number of amides is 4. The standard InChI is InChI=1S/C24H25N7O3.C15H18N2O4.C9H11N5O.C9H8N4.C8H8BrN3.C7H5BrFNO.C6H2BrFN2.C2H7N.3CH4.CH3.BrH.Mg.H/c1-15-21-19(30(2)28-15)12-18(13-25-21)22-27-24(34-29-22)17-8-10-31(11-9-17)20(32)14-26-23(33)16-6-4-3-5-7-16;18-13(17-8-6-12(7-9-17)15(20)21)10-16-14(19)11-4-2-1-3-5-11;1-5-8-7(14(2)12-5)3-6(4-11-8)9(10)13-15;1-6-9-8(13(3)12-6)4-7(10-2)5-11-9;1-5-8-7(12(2)11-5)3-6(9)4-10-8;1-4(11)7-6(9)2-5(8)3-10-7;7-4-1-5(8)6(2-9)10-3-4;1-2-3;;;;;;;/h3-7,12-13,17H,8-11,14H2,1-2H3,(H,26,33);1-5,12H,6-10H2,(H,16,19)(H,20,21);3-4,15H,1-2H3,(H2,10,13);4-5H,1,3H3;3-4H,1-2H3;2-3H,1H3;1,3H;2-3H2,1H3;3*1H4;1H3;1H;;/q;;;;;;;;;;;-1;;+2;-1. The molecule has 15 rings (SSSR count). The normalized spacial score (nSPS) is 11.8. The predicted molar refractivity (Wildman–Crippen MR) is 493 cm³/mol. The summed E-state index contributed by atoms with van der Waals surface area (Å²) >= 11 is 9.42. The monoisotopic (exact) mass is 1980 g/mol. The number of piperidine rings is 2. The van der Waals surface area contributed by atoms with Crippen molar-refractivity contribution in [2.75, 3.05) is 45.8 Å². The van der Waals surface area contributed by atoms with Crippen LogP contribution in [0.4, 0.5) is 14.5 Å². The maximum Gasteiger partial charge on any atom is 2.00 e. The zero-order valence-corrected chi connectivity index (χ0v) is 76.3. The molecule has 0 aliphatic carbocycles. The van der Waals surface area contributed by atoms with Gasteiger partial charge >= 0.3 is 29.0 Å². The second-order valence-electron chi connectivity index (χ2n) is 26.4. The number of nitrogens with two attached hydrogens (primary N) is 2. The number of benzene rings is 2. The molecule has 660 valence electrons. The van der Waals surface area contributed by atoms with E-state index in [1.807, 2.05) is 91.8 Å². The Morgan fingerprint density at radius 1 is 0.616 bits per heavy atom. The van der Waals surface area contributed by atoms with Crippen LogP contribution in [-0.2, 0) is 42.6 Å². The number of nitrogens with one attached hydrogen (secondary N) is 2. The molecule has 125 heavy (non-hydrogen) atoms. The van der Waals surface area contributed by atoms with Gasteiger partial charge in [0.1, 0.15) is 33.8 Å². The molecule has 0 atom stereocenters. The number of hydrogen-bond donors (Lipinski definition) is 6. The second kappa shape index (κ2) is 52.7. The third-order valence-corrected chi connectivity index (χ3v) is 19.2. The number of fused-ring (bicyclic) bond motifs is 4. The summed E-state index contributed by atoms with van der Waals surface area (Å²) in [6, 6.07) is 29.1. The fourth-order valence-corrected chi connectivity index (χ4v) is 12.9. The molecule has 2 aliphatic heterocycles. The maximum atomic E-state index is 12.8. The summed E-state index contributed by atoms with van der Waals surface area (Å²) in [5, 5.41) is 55.2. The molecule has 34 nitrogen and oxygen atoms in total. The van der Waals surface area contributed by atoms with Crippen molar-refractivity contribution in [3.8, 4) is 17.5 Å². The summed E-state index contributed by atoms with van der Waals surface area (Å²) in [6.45, 7) is 20.4. The molecule has 8 N–H and O–H groups in total. The minimum Gasteiger partial charge on any atom is -1.00 e. The fourth-order valence-electron chi connectivity index (χ4n) is 11.9. The first-order valence-electron chi connectivity index (χ1n) is 36.6. The van der Waals surface area contributed by atoms with Crippen LogP contribution in [0.3, 0.4) is 0 Å². The van der Waals surface area contributed by atoms with Crippen molar-refractivity contribution in [3.63, 3.8) is 0 Å². The Morgan fingerprint density at radius 3 is 1.45 bits per heavy atom. The van der Waals surface area contributed by atoms with E-state index >= 15 is 0 Å². The number of aliphatic carboxylic acids is 1. The number of nitrogens with zero attached hydrogens (tertiary/aromatic N) is 21. The molecule has 2 fully saturated rings. The van der Waals surface area contributed by atoms with Crippen molar-refractivity contribution in [3.05, 3.63) is 235 Å². The molecular formula is C84H101Br4F2MgN25O9. The Balaban J connectivity index is 0.000000758. The van der Waals surface area contributed by atoms with Crippen molar-refractivity contribution in [1.82, 2.24) is 99.6 Å². The maximum absolute atomic E-state index is 12.8. The van der Waals surface area contributed by atoms with Gasteiger partial charge in [-0.05, 0) is 168 Å². The summed E-state index contributed by atoms with van der Waals surface area (Å²) in [5.41, 5.74) is 23.8. The summed E-state index contributed by atoms with van der Waals surface area (Å²) in [4.78, 5) is 106. The van der Waals surface area contributed by atoms with E-state index in [1.54, 1.807) is 115 Å². The van der Waals surface area contributed by atoms with E-state index < -0.39 is 17.6 Å². The van der Waals surface area contributed by atoms with Crippen molar-refractivity contribution < 1.29 is 53.8 Å². The van der Waals surface area contributed by atoms with E-state index in [2.05, 4.69) is 129 Å². The van der Waals surface area contributed by atoms with Crippen molar-refractivity contribution in [2.45, 2.75) is 95.4 Å². The smallest absolute Gasteiger partial charge is 1.00 e. The Labute approximate surface area is 776 Å². The average molecular weight is 1990 g/mol. The number of ketones is 1. The van der Waals surface area contributed by atoms with Crippen molar-refractivity contribution in [2.24, 2.45) is 50.7 Å². The number of carbonyl (C=O) groups excluding carboxylic acids is 5. The zero-order chi connectivity index (χ0) is 86.7. The number of oxime groups is 1. The number of amidine groups is 1. The zero-order valence-electron chi connectivity index (χ0n) is 69.4. The molecular weight excluding hydrogens is 1890 g/mol. The van der Waals surface area contributed by atoms with Gasteiger partial charge in [-0.2, -0.15) is 30.6 Å². The topological polar surface area (TPSA) is 454 Å². The van der Waals surface area contributed by atoms with Crippen LogP contribution in [0.2, 0.25) is 0 Å². The summed E-state index contributed by atoms with van der Waals surface area (Å²) in [7, 11) is 7.48. The van der Waals surface area contributed by atoms with Gasteiger partial charge in [-0.25, -0.2) is 23.6 Å². The van der Waals surface area contributed by atoms with Crippen LogP contribution >= 0.6 is 64.8 Å². The quantitative estimate of drug-likeness (QED) is 0.0133. The molecule has 0 radical (unpaired) electrons. The Kier molecular flexibility index (Phi) is 46.0. The van der Waals surface area contributed by atoms with Gasteiger partial charge in [0.05, 0.1) is 70.4 Å². The number of carboxylic acids is 1. The van der Waals surface area contributed by atoms with Crippen LogP contribution in [0.1, 0.15) is 140 Å². The fraction of sp³-hybridized carbons (Fsp3) is 0.310. The number of nitriles is 1. The minimum atomic E-state index is -0.806. The van der Waals surface area contributed by atoms with Gasteiger partial charge in [0, 0.05) is 140 Å². The second-order valence-corrected chi connectivity index (χ2v) is 29.2. The Hall–Kier alpha value is -11.9. The predicted octanol–water partition coefficient (Wildman–Crippen LogP) is 14.1. The number of carbonyl (C=O) groups is 6. The van der Waals surface area contributed by atoms with Gasteiger partial charge < -0.3 is 55.6 Å². The summed E-state index contributed by atoms with van der Waals surface area (Å²) in [5.74, 6) is -2.36. The summed E-state index contributed by atoms with van der Waals surface area (Å²) < 4.78 is 40.0. The van der Waals surface area contributed by atoms with Gasteiger partial charge in [-0.1, -0.05) is 75.9 Å². The number of pyridine rings is 6. The van der Waals surface area contributed by atoms with Crippen LogP contribution in [-0.4, -0.2) is 209 Å². The first kappa shape index (κ1) is 109. The van der Waals surface area contributed by atoms with Gasteiger partial charge in [0.25, 0.3) is 11.8 Å². The Bertz CT molecular complexity index is 5900. The molecule has 2 aliphatic rings. The van der Waals surface area contributed by atoms with Gasteiger partial charge in [0.2, 0.25) is 29.2 Å². The minimum absolute atomic E-state index is 0. The molecule has 4 amide bonds. The van der Waals surface area contributed by atoms with E-state index in [1.165, 1.54) is 31.5 Å². The van der Waals surface area contributed by atoms with E-state index in [-0.39, 0.29) is 143 Å². The summed E-state index contributed by atoms with van der Waals surface area (Å²) in [6.07, 6.45) is 11.8. The molecule has 2 aromatic carbocycles. The molecule has 2 saturated heterocycles. The third-order valence-electron chi connectivity index (χ3n) is 17.9. The van der Waals surface area contributed by atoms with Gasteiger partial charge in [0.15, 0.2) is 28.9 Å². The largest absolute Gasteiger partial charge is 2.00 e. The third kappa shape index (κ3) is 30.5. The molecule has 13 heterocycles. The molecule has 11 aromatic heterocycles. The van der Waals surface area contributed by atoms with E-state index in [0.717, 1.165) is 96.3 Å². The van der Waals surface area contributed by atoms with Crippen LogP contribution in [0.25, 0.3) is 60.4 Å². The molecule has 41 heteroatoms. The van der Waals surface area contributed by atoms with Gasteiger partial charge in [-0.3, -0.25) is 67.4 Å². The number of halogens is 6. The van der Waals surface area contributed by atoms with E-state index in [4.69, 9.17) is 38.1 Å². The number of hydrogen-bond acceptors (Lipinski definition) is 23. The molecule has 0 spiro atoms. The number of rotatable bonds is 11. The van der Waals surface area contributed by atoms with E-state index in [9.17, 15) is 37.5 Å². The number of carboxylic acid groups (broad SMARTS) is 1. The Morgan fingerprint density at radius 2 is 1.02 bits per heavy atom. The van der Waals surface area contributed by atoms with Gasteiger partial charge in [-0.15, -0.1) is 17.0 Å². The van der Waals surface area contributed by atoms with E-state index in [0.29, 0.717) is 82.1 Å². The SMILES string of the molecule is Br.C.C.C.CC(=O)c1ncc(Br)cc1F.CCN.Cc1nn(C)c2cc(-c3noc(C4CCN(C(=O)CNC(=O)c5ccccc5)CC4)n3)cnc12.Cc1nn(C)c2cc(/C(N)=N/O)cnc12.Cc1nn(C)c2cc(Br)cnc12.N#Cc1ncc(Br)cc1F.O=C(NCC(=O)N1CCC(C(=O)O)CC1)c1ccccc1.[C-]#[N+]c1cnc2c(C)nn(C)c2c1.[CH3-].[H-].[Mg+2]. The average Bonchev–Trinajstić information content (AvgIpc) is 1.67. The number of likely N-dealkylation sites (tertiary alicyclic amines) is 2. The molecule has 0 bridgehead atoms. The van der Waals surface area contributed by atoms with Crippen LogP contribution in [0.5, 0.6) is 0 Å². The first-order valence-corrected chi connectivity index (χ1v) is 39.0. The van der Waals surface area contributed by atoms with Crippen LogP contribution in [0.15, 0.2) is 157 Å². The number of aryl methyl sites for hydroxylation is 8. The van der Waals surface area contributed by atoms with Crippen molar-refractivity contribution in [1.29, 1.82) is 5.26 Å². The van der Waals surface area contributed by atoms with Crippen molar-refractivity contribution >= 4 is 179 Å². The molecule has 0 unspecified atom stereocenters. The molecule has 0 saturated carbocycles. The van der Waals surface area contributed by atoms with Crippen LogP contribution in [0, 0.1) is 70.6 Å².